The fourth-order valence-electron chi connectivity index (χ4n) is 1.63. The fourth-order valence-corrected chi connectivity index (χ4v) is 1.99. The van der Waals surface area contributed by atoms with Crippen molar-refractivity contribution in [3.63, 3.8) is 0 Å². The van der Waals surface area contributed by atoms with Crippen LogP contribution in [-0.2, 0) is 0 Å². The van der Waals surface area contributed by atoms with Crippen LogP contribution in [0.5, 0.6) is 0 Å². The molecule has 0 aliphatic rings. The Morgan fingerprint density at radius 2 is 1.94 bits per heavy atom. The molecule has 0 saturated carbocycles. The summed E-state index contributed by atoms with van der Waals surface area (Å²) in [6.07, 6.45) is 1.58. The second kappa shape index (κ2) is 5.09. The maximum Gasteiger partial charge on any atom is 0.339 e. The van der Waals surface area contributed by atoms with Crippen molar-refractivity contribution in [3.05, 3.63) is 39.6 Å². The van der Waals surface area contributed by atoms with Crippen LogP contribution in [0.25, 0.3) is 11.3 Å². The summed E-state index contributed by atoms with van der Waals surface area (Å²) in [6.45, 7) is 3.94. The number of carboxylic acids is 1. The molecule has 0 atom stereocenters. The molecule has 0 fully saturated rings. The number of rotatable bonds is 3. The lowest BCUT2D eigenvalue weighted by Gasteiger charge is -2.03. The van der Waals surface area contributed by atoms with Gasteiger partial charge in [0, 0.05) is 21.4 Å². The Morgan fingerprint density at radius 3 is 2.44 bits per heavy atom. The van der Waals surface area contributed by atoms with Crippen molar-refractivity contribution < 1.29 is 9.90 Å². The van der Waals surface area contributed by atoms with Gasteiger partial charge in [-0.2, -0.15) is 5.10 Å². The molecule has 2 rings (SSSR count). The lowest BCUT2D eigenvalue weighted by Crippen LogP contribution is -2.00. The Labute approximate surface area is 119 Å². The maximum absolute atomic E-state index is 11.2. The molecule has 0 spiro atoms. The molecule has 1 aromatic carbocycles. The number of halogens is 1. The molecule has 0 saturated heterocycles. The van der Waals surface area contributed by atoms with Crippen molar-refractivity contribution >= 4 is 28.6 Å². The van der Waals surface area contributed by atoms with Gasteiger partial charge in [-0.25, -0.2) is 4.79 Å². The number of carbonyl (C=O) groups is 1. The predicted molar refractivity (Wildman–Crippen MR) is 77.7 cm³/mol. The van der Waals surface area contributed by atoms with Crippen molar-refractivity contribution in [2.45, 2.75) is 19.9 Å². The highest BCUT2D eigenvalue weighted by atomic mass is 127. The molecular weight excluding hydrogens is 343 g/mol. The largest absolute Gasteiger partial charge is 0.478 e. The molecule has 4 nitrogen and oxygen atoms in total. The Hall–Kier alpha value is -1.37. The van der Waals surface area contributed by atoms with Crippen molar-refractivity contribution in [2.75, 3.05) is 0 Å². The Balaban J connectivity index is 2.55. The molecule has 2 aromatic rings. The van der Waals surface area contributed by atoms with Gasteiger partial charge in [0.05, 0.1) is 0 Å². The van der Waals surface area contributed by atoms with Crippen LogP contribution in [0.15, 0.2) is 30.5 Å². The van der Waals surface area contributed by atoms with E-state index in [4.69, 9.17) is 0 Å². The van der Waals surface area contributed by atoms with E-state index in [1.165, 1.54) is 0 Å². The van der Waals surface area contributed by atoms with Crippen LogP contribution in [0.4, 0.5) is 0 Å². The maximum atomic E-state index is 11.2. The van der Waals surface area contributed by atoms with Crippen molar-refractivity contribution in [3.8, 4) is 11.3 Å². The smallest absolute Gasteiger partial charge is 0.339 e. The molecule has 0 aliphatic heterocycles. The molecule has 94 valence electrons. The first-order valence-electron chi connectivity index (χ1n) is 5.57. The predicted octanol–water partition coefficient (Wildman–Crippen LogP) is 3.43. The van der Waals surface area contributed by atoms with Crippen LogP contribution in [0, 0.1) is 3.57 Å². The standard InChI is InChI=1S/C13H13IN2O2/c1-8(2)16-7-11(13(17)18)12(15-16)9-3-5-10(14)6-4-9/h3-8H,1-2H3,(H,17,18). The summed E-state index contributed by atoms with van der Waals surface area (Å²) < 4.78 is 2.79. The van der Waals surface area contributed by atoms with Crippen LogP contribution in [0.1, 0.15) is 30.2 Å². The van der Waals surface area contributed by atoms with Gasteiger partial charge in [-0.15, -0.1) is 0 Å². The molecule has 0 radical (unpaired) electrons. The number of hydrogen-bond donors (Lipinski definition) is 1. The van der Waals surface area contributed by atoms with Crippen LogP contribution in [0.2, 0.25) is 0 Å². The molecule has 1 N–H and O–H groups in total. The molecule has 0 unspecified atom stereocenters. The topological polar surface area (TPSA) is 55.1 Å². The van der Waals surface area contributed by atoms with Crippen molar-refractivity contribution in [1.29, 1.82) is 0 Å². The minimum absolute atomic E-state index is 0.140. The molecular formula is C13H13IN2O2. The third-order valence-electron chi connectivity index (χ3n) is 2.61. The molecule has 0 bridgehead atoms. The number of aromatic carboxylic acids is 1. The summed E-state index contributed by atoms with van der Waals surface area (Å²) in [4.78, 5) is 11.2. The van der Waals surface area contributed by atoms with Gasteiger partial charge in [0.15, 0.2) is 0 Å². The van der Waals surface area contributed by atoms with E-state index < -0.39 is 5.97 Å². The van der Waals surface area contributed by atoms with Crippen molar-refractivity contribution in [1.82, 2.24) is 9.78 Å². The van der Waals surface area contributed by atoms with Gasteiger partial charge in [-0.05, 0) is 48.6 Å². The summed E-state index contributed by atoms with van der Waals surface area (Å²) in [7, 11) is 0. The summed E-state index contributed by atoms with van der Waals surface area (Å²) in [5.74, 6) is -0.949. The van der Waals surface area contributed by atoms with Crippen molar-refractivity contribution in [2.24, 2.45) is 0 Å². The highest BCUT2D eigenvalue weighted by Gasteiger charge is 2.17. The molecule has 1 aromatic heterocycles. The zero-order valence-corrected chi connectivity index (χ0v) is 12.2. The Kier molecular flexibility index (Phi) is 3.70. The normalized spacial score (nSPS) is 10.9. The van der Waals surface area contributed by atoms with Gasteiger partial charge in [0.1, 0.15) is 11.3 Å². The average Bonchev–Trinajstić information content (AvgIpc) is 2.75. The van der Waals surface area contributed by atoms with Gasteiger partial charge in [0.25, 0.3) is 0 Å². The first-order valence-corrected chi connectivity index (χ1v) is 6.65. The van der Waals surface area contributed by atoms with E-state index in [2.05, 4.69) is 27.7 Å². The second-order valence-electron chi connectivity index (χ2n) is 4.28. The quantitative estimate of drug-likeness (QED) is 0.858. The third kappa shape index (κ3) is 2.55. The van der Waals surface area contributed by atoms with Crippen LogP contribution >= 0.6 is 22.6 Å². The lowest BCUT2D eigenvalue weighted by atomic mass is 10.1. The number of benzene rings is 1. The van der Waals surface area contributed by atoms with Gasteiger partial charge in [-0.1, -0.05) is 12.1 Å². The van der Waals surface area contributed by atoms with E-state index in [0.717, 1.165) is 9.13 Å². The fraction of sp³-hybridized carbons (Fsp3) is 0.231. The van der Waals surface area contributed by atoms with Gasteiger partial charge in [0.2, 0.25) is 0 Å². The van der Waals surface area contributed by atoms with E-state index in [1.54, 1.807) is 10.9 Å². The van der Waals surface area contributed by atoms with Crippen LogP contribution < -0.4 is 0 Å². The summed E-state index contributed by atoms with van der Waals surface area (Å²) in [6, 6.07) is 7.80. The first kappa shape index (κ1) is 13.1. The molecule has 1 heterocycles. The molecule has 5 heteroatoms. The zero-order valence-electron chi connectivity index (χ0n) is 10.1. The van der Waals surface area contributed by atoms with E-state index in [-0.39, 0.29) is 11.6 Å². The minimum Gasteiger partial charge on any atom is -0.478 e. The minimum atomic E-state index is -0.949. The van der Waals surface area contributed by atoms with Gasteiger partial charge >= 0.3 is 5.97 Å². The monoisotopic (exact) mass is 356 g/mol. The summed E-state index contributed by atoms with van der Waals surface area (Å²) in [5.41, 5.74) is 1.59. The molecule has 0 amide bonds. The Morgan fingerprint density at radius 1 is 1.33 bits per heavy atom. The third-order valence-corrected chi connectivity index (χ3v) is 3.33. The van der Waals surface area contributed by atoms with E-state index in [1.807, 2.05) is 38.1 Å². The molecule has 18 heavy (non-hydrogen) atoms. The first-order chi connectivity index (χ1) is 8.49. The second-order valence-corrected chi connectivity index (χ2v) is 5.52. The number of carboxylic acid groups (broad SMARTS) is 1. The summed E-state index contributed by atoms with van der Waals surface area (Å²) in [5, 5.41) is 13.6. The van der Waals surface area contributed by atoms with E-state index in [0.29, 0.717) is 5.69 Å². The highest BCUT2D eigenvalue weighted by molar-refractivity contribution is 14.1. The van der Waals surface area contributed by atoms with Gasteiger partial charge in [-0.3, -0.25) is 4.68 Å². The van der Waals surface area contributed by atoms with E-state index >= 15 is 0 Å². The van der Waals surface area contributed by atoms with E-state index in [9.17, 15) is 9.90 Å². The van der Waals surface area contributed by atoms with Crippen LogP contribution in [-0.4, -0.2) is 20.9 Å². The summed E-state index contributed by atoms with van der Waals surface area (Å²) >= 11 is 2.21. The molecule has 0 aliphatic carbocycles. The SMILES string of the molecule is CC(C)n1cc(C(=O)O)c(-c2ccc(I)cc2)n1. The van der Waals surface area contributed by atoms with Gasteiger partial charge < -0.3 is 5.11 Å². The number of nitrogens with zero attached hydrogens (tertiary/aromatic N) is 2. The van der Waals surface area contributed by atoms with Crippen LogP contribution in [0.3, 0.4) is 0 Å². The number of aromatic nitrogens is 2. The zero-order chi connectivity index (χ0) is 13.3. The highest BCUT2D eigenvalue weighted by Crippen LogP contribution is 2.24. The Bertz CT molecular complexity index is 573. The average molecular weight is 356 g/mol. The number of hydrogen-bond acceptors (Lipinski definition) is 2. The lowest BCUT2D eigenvalue weighted by molar-refractivity contribution is 0.0697.